The molecule has 0 fully saturated rings. The Balaban J connectivity index is 2.86. The average Bonchev–Trinajstić information content (AvgIpc) is 2.38. The molecule has 1 unspecified atom stereocenters. The molecule has 1 aromatic rings. The normalized spacial score (nSPS) is 13.3. The number of nitrogens with one attached hydrogen (secondary N) is 1. The van der Waals surface area contributed by atoms with E-state index < -0.39 is 20.5 Å². The number of carbonyl (C=O) groups is 1. The summed E-state index contributed by atoms with van der Waals surface area (Å²) in [6.07, 6.45) is 0.587. The fraction of sp³-hybridized carbons (Fsp3) is 0.364. The molecule has 0 radical (unpaired) electrons. The van der Waals surface area contributed by atoms with Crippen LogP contribution in [-0.4, -0.2) is 24.9 Å². The van der Waals surface area contributed by atoms with Gasteiger partial charge in [0.1, 0.15) is 0 Å². The number of rotatable bonds is 5. The van der Waals surface area contributed by atoms with Gasteiger partial charge in [0.05, 0.1) is 9.72 Å². The van der Waals surface area contributed by atoms with Crippen LogP contribution in [0.1, 0.15) is 13.3 Å². The van der Waals surface area contributed by atoms with E-state index in [1.807, 2.05) is 6.92 Å². The molecule has 1 amide bonds. The van der Waals surface area contributed by atoms with Crippen molar-refractivity contribution in [3.8, 4) is 0 Å². The quantitative estimate of drug-likeness (QED) is 0.826. The van der Waals surface area contributed by atoms with Crippen molar-refractivity contribution >= 4 is 37.4 Å². The molecule has 1 N–H and O–H groups in total. The molecule has 0 bridgehead atoms. The molecular weight excluding hydrogens is 344 g/mol. The topological polar surface area (TPSA) is 63.2 Å². The van der Waals surface area contributed by atoms with Crippen molar-refractivity contribution in [2.75, 3.05) is 5.32 Å². The summed E-state index contributed by atoms with van der Waals surface area (Å²) in [7, 11) is -4.60. The van der Waals surface area contributed by atoms with Gasteiger partial charge >= 0.3 is 5.76 Å². The summed E-state index contributed by atoms with van der Waals surface area (Å²) < 4.78 is 46.9. The highest BCUT2D eigenvalue weighted by Gasteiger charge is 2.26. The predicted octanol–water partition coefficient (Wildman–Crippen LogP) is 2.79. The van der Waals surface area contributed by atoms with Gasteiger partial charge in [-0.15, -0.1) is 0 Å². The maximum Gasteiger partial charge on any atom is 0.341 e. The molecule has 8 heteroatoms. The fourth-order valence-electron chi connectivity index (χ4n) is 1.24. The molecule has 4 nitrogen and oxygen atoms in total. The van der Waals surface area contributed by atoms with Crippen molar-refractivity contribution in [1.29, 1.82) is 0 Å². The number of benzene rings is 1. The summed E-state index contributed by atoms with van der Waals surface area (Å²) >= 11 is 3.16. The van der Waals surface area contributed by atoms with Gasteiger partial charge in [0.2, 0.25) is 15.7 Å². The highest BCUT2D eigenvalue weighted by molar-refractivity contribution is 9.10. The van der Waals surface area contributed by atoms with Crippen LogP contribution >= 0.6 is 15.9 Å². The van der Waals surface area contributed by atoms with Crippen LogP contribution < -0.4 is 5.32 Å². The van der Waals surface area contributed by atoms with E-state index in [4.69, 9.17) is 0 Å². The molecule has 19 heavy (non-hydrogen) atoms. The second kappa shape index (κ2) is 6.42. The zero-order chi connectivity index (χ0) is 14.6. The number of carbonyl (C=O) groups excluding carboxylic acids is 1. The molecule has 0 aliphatic heterocycles. The van der Waals surface area contributed by atoms with E-state index in [-0.39, 0.29) is 10.7 Å². The zero-order valence-corrected chi connectivity index (χ0v) is 12.3. The van der Waals surface area contributed by atoms with Crippen LogP contribution in [0.2, 0.25) is 0 Å². The van der Waals surface area contributed by atoms with E-state index in [0.29, 0.717) is 12.1 Å². The van der Waals surface area contributed by atoms with Crippen LogP contribution in [0.3, 0.4) is 0 Å². The van der Waals surface area contributed by atoms with Gasteiger partial charge in [-0.2, -0.15) is 8.78 Å². The Kier molecular flexibility index (Phi) is 5.42. The number of alkyl halides is 3. The van der Waals surface area contributed by atoms with Crippen molar-refractivity contribution in [2.24, 2.45) is 0 Å². The summed E-state index contributed by atoms with van der Waals surface area (Å²) in [6, 6.07) is 4.60. The lowest BCUT2D eigenvalue weighted by atomic mass is 10.3. The lowest BCUT2D eigenvalue weighted by molar-refractivity contribution is -0.115. The number of amides is 1. The summed E-state index contributed by atoms with van der Waals surface area (Å²) in [5, 5.41) is 2.53. The first kappa shape index (κ1) is 16.0. The Bertz CT molecular complexity index is 546. The molecular formula is C11H12BrF2NO3S. The monoisotopic (exact) mass is 355 g/mol. The predicted molar refractivity (Wildman–Crippen MR) is 71.3 cm³/mol. The largest absolute Gasteiger partial charge is 0.341 e. The molecule has 1 aromatic carbocycles. The highest BCUT2D eigenvalue weighted by Crippen LogP contribution is 2.20. The molecule has 1 atom stereocenters. The maximum atomic E-state index is 12.3. The molecule has 0 spiro atoms. The first-order valence-corrected chi connectivity index (χ1v) is 7.82. The van der Waals surface area contributed by atoms with Gasteiger partial charge in [-0.3, -0.25) is 4.79 Å². The van der Waals surface area contributed by atoms with Gasteiger partial charge in [0, 0.05) is 5.69 Å². The summed E-state index contributed by atoms with van der Waals surface area (Å²) in [6.45, 7) is 1.82. The number of hydrogen-bond donors (Lipinski definition) is 1. The molecule has 106 valence electrons. The Hall–Kier alpha value is -1.02. The van der Waals surface area contributed by atoms with Gasteiger partial charge < -0.3 is 5.32 Å². The Morgan fingerprint density at radius 1 is 1.32 bits per heavy atom. The Morgan fingerprint density at radius 3 is 2.26 bits per heavy atom. The maximum absolute atomic E-state index is 12.3. The van der Waals surface area contributed by atoms with E-state index in [2.05, 4.69) is 21.2 Å². The van der Waals surface area contributed by atoms with Crippen molar-refractivity contribution in [2.45, 2.75) is 28.8 Å². The third kappa shape index (κ3) is 3.97. The number of sulfone groups is 1. The minimum atomic E-state index is -4.60. The second-order valence-corrected chi connectivity index (χ2v) is 6.72. The average molecular weight is 356 g/mol. The van der Waals surface area contributed by atoms with Crippen LogP contribution in [-0.2, 0) is 14.6 Å². The number of anilines is 1. The van der Waals surface area contributed by atoms with Crippen molar-refractivity contribution in [1.82, 2.24) is 0 Å². The minimum Gasteiger partial charge on any atom is -0.325 e. The second-order valence-electron chi connectivity index (χ2n) is 3.70. The van der Waals surface area contributed by atoms with E-state index in [1.165, 1.54) is 12.1 Å². The minimum absolute atomic E-state index is 0.285. The first-order valence-electron chi connectivity index (χ1n) is 5.36. The van der Waals surface area contributed by atoms with E-state index >= 15 is 0 Å². The van der Waals surface area contributed by atoms with Crippen LogP contribution in [0.15, 0.2) is 29.2 Å². The summed E-state index contributed by atoms with van der Waals surface area (Å²) in [5.74, 6) is -3.74. The first-order chi connectivity index (χ1) is 8.78. The van der Waals surface area contributed by atoms with Crippen LogP contribution in [0, 0.1) is 0 Å². The van der Waals surface area contributed by atoms with Gasteiger partial charge in [0.15, 0.2) is 0 Å². The molecule has 0 aliphatic rings. The Labute approximate surface area is 118 Å². The van der Waals surface area contributed by atoms with Gasteiger partial charge in [0.25, 0.3) is 0 Å². The Morgan fingerprint density at radius 2 is 1.84 bits per heavy atom. The zero-order valence-electron chi connectivity index (χ0n) is 9.94. The molecule has 0 saturated heterocycles. The standard InChI is InChI=1S/C11H12BrF2NO3S/c1-2-9(12)10(16)15-7-3-5-8(6-4-7)19(17,18)11(13)14/h3-6,9,11H,2H2,1H3,(H,15,16). The lowest BCUT2D eigenvalue weighted by Crippen LogP contribution is -2.22. The van der Waals surface area contributed by atoms with E-state index in [1.54, 1.807) is 0 Å². The molecule has 0 heterocycles. The lowest BCUT2D eigenvalue weighted by Gasteiger charge is -2.09. The van der Waals surface area contributed by atoms with Gasteiger partial charge in [-0.1, -0.05) is 22.9 Å². The van der Waals surface area contributed by atoms with Crippen LogP contribution in [0.4, 0.5) is 14.5 Å². The highest BCUT2D eigenvalue weighted by atomic mass is 79.9. The number of hydrogen-bond acceptors (Lipinski definition) is 3. The SMILES string of the molecule is CCC(Br)C(=O)Nc1ccc(S(=O)(=O)C(F)F)cc1. The summed E-state index contributed by atoms with van der Waals surface area (Å²) in [5.41, 5.74) is 0.344. The van der Waals surface area contributed by atoms with Crippen LogP contribution in [0.25, 0.3) is 0 Å². The van der Waals surface area contributed by atoms with Crippen molar-refractivity contribution < 1.29 is 22.0 Å². The van der Waals surface area contributed by atoms with Crippen molar-refractivity contribution in [3.63, 3.8) is 0 Å². The van der Waals surface area contributed by atoms with Gasteiger partial charge in [-0.25, -0.2) is 8.42 Å². The molecule has 0 aromatic heterocycles. The fourth-order valence-corrected chi connectivity index (χ4v) is 2.07. The van der Waals surface area contributed by atoms with Crippen LogP contribution in [0.5, 0.6) is 0 Å². The molecule has 0 aliphatic carbocycles. The smallest absolute Gasteiger partial charge is 0.325 e. The summed E-state index contributed by atoms with van der Waals surface area (Å²) in [4.78, 5) is 10.7. The van der Waals surface area contributed by atoms with Gasteiger partial charge in [-0.05, 0) is 30.7 Å². The third-order valence-corrected chi connectivity index (χ3v) is 4.79. The molecule has 1 rings (SSSR count). The molecule has 0 saturated carbocycles. The van der Waals surface area contributed by atoms with E-state index in [0.717, 1.165) is 12.1 Å². The number of halogens is 3. The van der Waals surface area contributed by atoms with Crippen molar-refractivity contribution in [3.05, 3.63) is 24.3 Å². The third-order valence-electron chi connectivity index (χ3n) is 2.33. The van der Waals surface area contributed by atoms with E-state index in [9.17, 15) is 22.0 Å².